The van der Waals surface area contributed by atoms with Gasteiger partial charge in [0.15, 0.2) is 0 Å². The second-order valence-electron chi connectivity index (χ2n) is 4.72. The van der Waals surface area contributed by atoms with Gasteiger partial charge in [-0.25, -0.2) is 0 Å². The van der Waals surface area contributed by atoms with Gasteiger partial charge in [0, 0.05) is 38.1 Å². The van der Waals surface area contributed by atoms with Gasteiger partial charge in [0.25, 0.3) is 0 Å². The Kier molecular flexibility index (Phi) is 4.28. The van der Waals surface area contributed by atoms with Crippen LogP contribution < -0.4 is 5.32 Å². The molecule has 5 nitrogen and oxygen atoms in total. The topological polar surface area (TPSA) is 65.5 Å². The van der Waals surface area contributed by atoms with Crippen molar-refractivity contribution in [1.29, 1.82) is 0 Å². The molecule has 2 rings (SSSR count). The van der Waals surface area contributed by atoms with Gasteiger partial charge in [0.2, 0.25) is 5.91 Å². The van der Waals surface area contributed by atoms with Gasteiger partial charge in [-0.15, -0.1) is 0 Å². The number of carbonyl (C=O) groups excluding carboxylic acids is 1. The van der Waals surface area contributed by atoms with E-state index in [9.17, 15) is 4.79 Å². The molecule has 5 heteroatoms. The Bertz CT molecular complexity index is 396. The van der Waals surface area contributed by atoms with Gasteiger partial charge in [0.1, 0.15) is 0 Å². The molecule has 1 aromatic heterocycles. The highest BCUT2D eigenvalue weighted by atomic mass is 16.3. The first kappa shape index (κ1) is 13.0. The van der Waals surface area contributed by atoms with E-state index in [4.69, 9.17) is 5.11 Å². The third-order valence-corrected chi connectivity index (χ3v) is 3.18. The molecule has 2 heterocycles. The van der Waals surface area contributed by atoms with Crippen LogP contribution >= 0.6 is 0 Å². The zero-order valence-electron chi connectivity index (χ0n) is 10.5. The van der Waals surface area contributed by atoms with Crippen molar-refractivity contribution in [2.24, 2.45) is 0 Å². The molecule has 1 aliphatic rings. The Morgan fingerprint density at radius 2 is 2.22 bits per heavy atom. The Labute approximate surface area is 107 Å². The van der Waals surface area contributed by atoms with Crippen molar-refractivity contribution in [1.82, 2.24) is 15.2 Å². The number of pyridine rings is 1. The molecule has 0 aliphatic carbocycles. The molecular formula is C13H19N3O2. The molecule has 0 bridgehead atoms. The van der Waals surface area contributed by atoms with Crippen molar-refractivity contribution in [2.45, 2.75) is 32.0 Å². The van der Waals surface area contributed by atoms with Crippen LogP contribution in [0.1, 0.15) is 18.9 Å². The second-order valence-corrected chi connectivity index (χ2v) is 4.72. The average Bonchev–Trinajstić information content (AvgIpc) is 2.35. The normalized spacial score (nSPS) is 24.9. The van der Waals surface area contributed by atoms with Gasteiger partial charge >= 0.3 is 0 Å². The number of nitrogens with one attached hydrogen (secondary N) is 1. The highest BCUT2D eigenvalue weighted by Crippen LogP contribution is 2.15. The molecule has 0 saturated carbocycles. The van der Waals surface area contributed by atoms with Gasteiger partial charge in [0.05, 0.1) is 6.04 Å². The number of aromatic nitrogens is 1. The highest BCUT2D eigenvalue weighted by molar-refractivity contribution is 5.82. The zero-order chi connectivity index (χ0) is 13.0. The molecule has 18 heavy (non-hydrogen) atoms. The molecular weight excluding hydrogens is 230 g/mol. The number of piperazine rings is 1. The summed E-state index contributed by atoms with van der Waals surface area (Å²) in [7, 11) is 0. The van der Waals surface area contributed by atoms with Crippen LogP contribution in [0.3, 0.4) is 0 Å². The molecule has 98 valence electrons. The van der Waals surface area contributed by atoms with Crippen LogP contribution in [-0.4, -0.2) is 46.1 Å². The maximum absolute atomic E-state index is 11.9. The van der Waals surface area contributed by atoms with Gasteiger partial charge in [-0.2, -0.15) is 0 Å². The van der Waals surface area contributed by atoms with Crippen LogP contribution in [-0.2, 0) is 11.3 Å². The van der Waals surface area contributed by atoms with Crippen LogP contribution in [0.5, 0.6) is 0 Å². The fraction of sp³-hybridized carbons (Fsp3) is 0.538. The summed E-state index contributed by atoms with van der Waals surface area (Å²) in [5, 5.41) is 12.0. The summed E-state index contributed by atoms with van der Waals surface area (Å²) in [5.74, 6) is 0.0110. The lowest BCUT2D eigenvalue weighted by Gasteiger charge is -2.38. The standard InChI is InChI=1S/C13H19N3O2/c1-10-8-16(9-11-2-5-14-6-3-11)12(4-7-17)13(18)15-10/h2-3,5-6,10,12,17H,4,7-9H2,1H3,(H,15,18). The fourth-order valence-electron chi connectivity index (χ4n) is 2.36. The molecule has 1 aliphatic heterocycles. The predicted octanol–water partition coefficient (Wildman–Crippen LogP) is 0.153. The molecule has 1 aromatic rings. The SMILES string of the molecule is CC1CN(Cc2ccncc2)C(CCO)C(=O)N1. The Morgan fingerprint density at radius 1 is 1.50 bits per heavy atom. The van der Waals surface area contributed by atoms with E-state index in [0.717, 1.165) is 12.1 Å². The second kappa shape index (κ2) is 5.93. The van der Waals surface area contributed by atoms with Gasteiger partial charge in [-0.3, -0.25) is 14.7 Å². The minimum absolute atomic E-state index is 0.0110. The van der Waals surface area contributed by atoms with Gasteiger partial charge in [-0.1, -0.05) is 0 Å². The molecule has 1 fully saturated rings. The maximum atomic E-state index is 11.9. The zero-order valence-corrected chi connectivity index (χ0v) is 10.5. The van der Waals surface area contributed by atoms with E-state index in [1.54, 1.807) is 12.4 Å². The Morgan fingerprint density at radius 3 is 2.89 bits per heavy atom. The third kappa shape index (κ3) is 3.05. The summed E-state index contributed by atoms with van der Waals surface area (Å²) < 4.78 is 0. The number of aliphatic hydroxyl groups is 1. The van der Waals surface area contributed by atoms with Gasteiger partial charge in [-0.05, 0) is 31.0 Å². The summed E-state index contributed by atoms with van der Waals surface area (Å²) in [6.45, 7) is 3.54. The lowest BCUT2D eigenvalue weighted by Crippen LogP contribution is -2.58. The van der Waals surface area contributed by atoms with E-state index in [-0.39, 0.29) is 24.6 Å². The van der Waals surface area contributed by atoms with E-state index in [1.807, 2.05) is 19.1 Å². The van der Waals surface area contributed by atoms with Crippen LogP contribution in [0, 0.1) is 0 Å². The smallest absolute Gasteiger partial charge is 0.237 e. The monoisotopic (exact) mass is 249 g/mol. The Balaban J connectivity index is 2.09. The van der Waals surface area contributed by atoms with Crippen molar-refractivity contribution in [2.75, 3.05) is 13.2 Å². The first-order valence-corrected chi connectivity index (χ1v) is 6.25. The largest absolute Gasteiger partial charge is 0.396 e. The maximum Gasteiger partial charge on any atom is 0.237 e. The number of aliphatic hydroxyl groups excluding tert-OH is 1. The minimum Gasteiger partial charge on any atom is -0.396 e. The van der Waals surface area contributed by atoms with Crippen LogP contribution in [0.25, 0.3) is 0 Å². The summed E-state index contributed by atoms with van der Waals surface area (Å²) in [4.78, 5) is 18.0. The van der Waals surface area contributed by atoms with E-state index in [2.05, 4.69) is 15.2 Å². The van der Waals surface area contributed by atoms with Crippen LogP contribution in [0.4, 0.5) is 0 Å². The van der Waals surface area contributed by atoms with E-state index < -0.39 is 0 Å². The Hall–Kier alpha value is -1.46. The molecule has 2 unspecified atom stereocenters. The molecule has 1 amide bonds. The first-order chi connectivity index (χ1) is 8.70. The van der Waals surface area contributed by atoms with Crippen molar-refractivity contribution in [3.8, 4) is 0 Å². The summed E-state index contributed by atoms with van der Waals surface area (Å²) in [6.07, 6.45) is 3.98. The first-order valence-electron chi connectivity index (χ1n) is 6.25. The molecule has 0 spiro atoms. The average molecular weight is 249 g/mol. The quantitative estimate of drug-likeness (QED) is 0.797. The number of amides is 1. The molecule has 1 saturated heterocycles. The lowest BCUT2D eigenvalue weighted by molar-refractivity contribution is -0.131. The van der Waals surface area contributed by atoms with E-state index in [0.29, 0.717) is 13.0 Å². The minimum atomic E-state index is -0.237. The highest BCUT2D eigenvalue weighted by Gasteiger charge is 2.32. The molecule has 0 radical (unpaired) electrons. The van der Waals surface area contributed by atoms with E-state index in [1.165, 1.54) is 0 Å². The van der Waals surface area contributed by atoms with Crippen molar-refractivity contribution in [3.63, 3.8) is 0 Å². The molecule has 2 N–H and O–H groups in total. The number of hydrogen-bond acceptors (Lipinski definition) is 4. The van der Waals surface area contributed by atoms with E-state index >= 15 is 0 Å². The van der Waals surface area contributed by atoms with Crippen molar-refractivity contribution in [3.05, 3.63) is 30.1 Å². The summed E-state index contributed by atoms with van der Waals surface area (Å²) >= 11 is 0. The number of rotatable bonds is 4. The summed E-state index contributed by atoms with van der Waals surface area (Å²) in [5.41, 5.74) is 1.13. The lowest BCUT2D eigenvalue weighted by atomic mass is 10.0. The van der Waals surface area contributed by atoms with Gasteiger partial charge < -0.3 is 10.4 Å². The summed E-state index contributed by atoms with van der Waals surface area (Å²) in [6, 6.07) is 3.81. The van der Waals surface area contributed by atoms with Crippen LogP contribution in [0.15, 0.2) is 24.5 Å². The van der Waals surface area contributed by atoms with Crippen molar-refractivity contribution < 1.29 is 9.90 Å². The number of hydrogen-bond donors (Lipinski definition) is 2. The third-order valence-electron chi connectivity index (χ3n) is 3.18. The fourth-order valence-corrected chi connectivity index (χ4v) is 2.36. The number of carbonyl (C=O) groups is 1. The number of nitrogens with zero attached hydrogens (tertiary/aromatic N) is 2. The van der Waals surface area contributed by atoms with Crippen molar-refractivity contribution >= 4 is 5.91 Å². The molecule has 0 aromatic carbocycles. The van der Waals surface area contributed by atoms with Crippen LogP contribution in [0.2, 0.25) is 0 Å². The predicted molar refractivity (Wildman–Crippen MR) is 67.7 cm³/mol. The molecule has 2 atom stereocenters.